The third kappa shape index (κ3) is 7.11. The number of benzene rings is 6. The van der Waals surface area contributed by atoms with Crippen LogP contribution in [0.25, 0.3) is 27.8 Å². The third-order valence-corrected chi connectivity index (χ3v) is 10.1. The average molecular weight is 690 g/mol. The van der Waals surface area contributed by atoms with Crippen LogP contribution in [-0.2, 0) is 0 Å². The van der Waals surface area contributed by atoms with E-state index in [0.29, 0.717) is 0 Å². The molecule has 2 aliphatic rings. The van der Waals surface area contributed by atoms with Crippen LogP contribution in [-0.4, -0.2) is 7.05 Å². The Hall–Kier alpha value is -6.32. The highest BCUT2D eigenvalue weighted by Gasteiger charge is 2.30. The van der Waals surface area contributed by atoms with Gasteiger partial charge in [-0.05, 0) is 101 Å². The number of rotatable bonds is 6. The summed E-state index contributed by atoms with van der Waals surface area (Å²) in [5.41, 5.74) is 15.0. The largest absolute Gasteiger partial charge is 0.367 e. The fourth-order valence-corrected chi connectivity index (χ4v) is 7.53. The average Bonchev–Trinajstić information content (AvgIpc) is 3.36. The van der Waals surface area contributed by atoms with E-state index in [1.807, 2.05) is 13.8 Å². The summed E-state index contributed by atoms with van der Waals surface area (Å²) in [6.07, 6.45) is 10.2. The Morgan fingerprint density at radius 3 is 1.91 bits per heavy atom. The van der Waals surface area contributed by atoms with Crippen molar-refractivity contribution in [1.82, 2.24) is 0 Å². The van der Waals surface area contributed by atoms with Crippen LogP contribution in [0.2, 0.25) is 0 Å². The Morgan fingerprint density at radius 1 is 0.585 bits per heavy atom. The summed E-state index contributed by atoms with van der Waals surface area (Å²) >= 11 is 0. The molecule has 0 aliphatic carbocycles. The van der Waals surface area contributed by atoms with E-state index in [1.165, 1.54) is 33.6 Å². The number of fused-ring (bicyclic) bond motifs is 2. The SMILES string of the molecule is C=C1/C=C\C=C/N(c2ccccc2)c2ccc(-c3ccc4c(c3)C(N(C)c3ccccc3-c3ccccc3)CCC(=C)N4c3ccccc3)cc21.CC. The maximum Gasteiger partial charge on any atom is 0.0564 e. The summed E-state index contributed by atoms with van der Waals surface area (Å²) in [7, 11) is 2.25. The van der Waals surface area contributed by atoms with Gasteiger partial charge in [0.1, 0.15) is 0 Å². The van der Waals surface area contributed by atoms with Gasteiger partial charge in [0.25, 0.3) is 0 Å². The Kier molecular flexibility index (Phi) is 10.5. The van der Waals surface area contributed by atoms with E-state index in [4.69, 9.17) is 0 Å². The van der Waals surface area contributed by atoms with E-state index in [0.717, 1.165) is 52.3 Å². The predicted octanol–water partition coefficient (Wildman–Crippen LogP) is 13.9. The van der Waals surface area contributed by atoms with Gasteiger partial charge in [0.15, 0.2) is 0 Å². The van der Waals surface area contributed by atoms with Gasteiger partial charge in [0, 0.05) is 47.1 Å². The van der Waals surface area contributed by atoms with Crippen molar-refractivity contribution >= 4 is 34.0 Å². The van der Waals surface area contributed by atoms with Crippen molar-refractivity contribution in [3.8, 4) is 22.3 Å². The van der Waals surface area contributed by atoms with Crippen LogP contribution in [0.3, 0.4) is 0 Å². The smallest absolute Gasteiger partial charge is 0.0564 e. The van der Waals surface area contributed by atoms with Gasteiger partial charge in [-0.2, -0.15) is 0 Å². The van der Waals surface area contributed by atoms with E-state index in [-0.39, 0.29) is 6.04 Å². The Bertz CT molecular complexity index is 2270. The summed E-state index contributed by atoms with van der Waals surface area (Å²) in [6, 6.07) is 54.5. The molecule has 0 fully saturated rings. The summed E-state index contributed by atoms with van der Waals surface area (Å²) in [5.74, 6) is 0. The van der Waals surface area contributed by atoms with E-state index in [9.17, 15) is 0 Å². The van der Waals surface area contributed by atoms with E-state index in [1.54, 1.807) is 0 Å². The van der Waals surface area contributed by atoms with Crippen molar-refractivity contribution in [3.63, 3.8) is 0 Å². The summed E-state index contributed by atoms with van der Waals surface area (Å²) in [6.45, 7) is 13.1. The van der Waals surface area contributed by atoms with Gasteiger partial charge in [0.05, 0.1) is 17.4 Å². The molecule has 2 aliphatic heterocycles. The molecule has 6 aromatic carbocycles. The zero-order chi connectivity index (χ0) is 36.7. The molecule has 6 aromatic rings. The Morgan fingerprint density at radius 2 is 1.19 bits per heavy atom. The molecule has 0 spiro atoms. The monoisotopic (exact) mass is 689 g/mol. The molecule has 0 amide bonds. The highest BCUT2D eigenvalue weighted by molar-refractivity contribution is 5.89. The Labute approximate surface area is 315 Å². The molecule has 2 heterocycles. The van der Waals surface area contributed by atoms with E-state index >= 15 is 0 Å². The summed E-state index contributed by atoms with van der Waals surface area (Å²) < 4.78 is 0. The van der Waals surface area contributed by atoms with Crippen LogP contribution in [0.4, 0.5) is 28.4 Å². The molecule has 0 aromatic heterocycles. The fraction of sp³-hybridized carbons (Fsp3) is 0.120. The summed E-state index contributed by atoms with van der Waals surface area (Å²) in [4.78, 5) is 7.07. The number of hydrogen-bond donors (Lipinski definition) is 0. The topological polar surface area (TPSA) is 9.72 Å². The predicted molar refractivity (Wildman–Crippen MR) is 229 cm³/mol. The zero-order valence-electron chi connectivity index (χ0n) is 31.0. The molecule has 0 radical (unpaired) electrons. The first kappa shape index (κ1) is 35.1. The zero-order valence-corrected chi connectivity index (χ0v) is 31.0. The minimum Gasteiger partial charge on any atom is -0.367 e. The fourth-order valence-electron chi connectivity index (χ4n) is 7.53. The van der Waals surface area contributed by atoms with E-state index in [2.05, 4.69) is 211 Å². The molecule has 0 bridgehead atoms. The van der Waals surface area contributed by atoms with Crippen molar-refractivity contribution in [2.24, 2.45) is 0 Å². The first-order valence-electron chi connectivity index (χ1n) is 18.6. The molecule has 0 saturated heterocycles. The first-order chi connectivity index (χ1) is 26.1. The lowest BCUT2D eigenvalue weighted by atomic mass is 9.92. The molecule has 262 valence electrons. The standard InChI is InChI=1S/C48H41N3.C2H6/c1-35-17-15-16-32-50(40-20-9-5-10-21-40)47-30-27-38(33-43(35)47)39-28-31-48-44(34-39)46(29-26-36(2)51(48)41-22-11-6-12-23-41)49(3)45-25-14-13-24-42(45)37-18-7-4-8-19-37;1-2/h4-25,27-28,30-34,46H,1-2,26,29H2,3H3;1-2H3/b17-15-,32-16-;. The third-order valence-electron chi connectivity index (χ3n) is 10.1. The molecule has 3 nitrogen and oxygen atoms in total. The molecular weight excluding hydrogens is 643 g/mol. The second-order valence-corrected chi connectivity index (χ2v) is 13.2. The van der Waals surface area contributed by atoms with Gasteiger partial charge in [-0.15, -0.1) is 0 Å². The van der Waals surface area contributed by atoms with Gasteiger partial charge < -0.3 is 14.7 Å². The van der Waals surface area contributed by atoms with Crippen LogP contribution < -0.4 is 14.7 Å². The lowest BCUT2D eigenvalue weighted by Crippen LogP contribution is -2.25. The highest BCUT2D eigenvalue weighted by Crippen LogP contribution is 2.47. The molecular formula is C50H47N3. The molecule has 3 heteroatoms. The second-order valence-electron chi connectivity index (χ2n) is 13.2. The lowest BCUT2D eigenvalue weighted by molar-refractivity contribution is 0.621. The quantitative estimate of drug-likeness (QED) is 0.172. The number of allylic oxidation sites excluding steroid dienone is 5. The number of hydrogen-bond acceptors (Lipinski definition) is 3. The molecule has 0 N–H and O–H groups in total. The number of para-hydroxylation sites is 3. The van der Waals surface area contributed by atoms with Crippen LogP contribution in [0.1, 0.15) is 43.9 Å². The van der Waals surface area contributed by atoms with E-state index < -0.39 is 0 Å². The number of anilines is 5. The van der Waals surface area contributed by atoms with Crippen molar-refractivity contribution in [3.05, 3.63) is 206 Å². The van der Waals surface area contributed by atoms with Crippen molar-refractivity contribution < 1.29 is 0 Å². The first-order valence-corrected chi connectivity index (χ1v) is 18.6. The minimum atomic E-state index is 0.108. The minimum absolute atomic E-state index is 0.108. The molecule has 1 atom stereocenters. The Balaban J connectivity index is 0.00000214. The van der Waals surface area contributed by atoms with Crippen molar-refractivity contribution in [2.75, 3.05) is 21.7 Å². The van der Waals surface area contributed by atoms with Crippen LogP contribution in [0, 0.1) is 0 Å². The van der Waals surface area contributed by atoms with Crippen molar-refractivity contribution in [2.45, 2.75) is 32.7 Å². The number of nitrogens with zero attached hydrogens (tertiary/aromatic N) is 3. The van der Waals surface area contributed by atoms with Crippen molar-refractivity contribution in [1.29, 1.82) is 0 Å². The van der Waals surface area contributed by atoms with Crippen LogP contribution in [0.5, 0.6) is 0 Å². The maximum atomic E-state index is 4.63. The molecule has 53 heavy (non-hydrogen) atoms. The molecule has 1 unspecified atom stereocenters. The van der Waals surface area contributed by atoms with Gasteiger partial charge in [-0.1, -0.05) is 136 Å². The van der Waals surface area contributed by atoms with Gasteiger partial charge in [-0.25, -0.2) is 0 Å². The normalized spacial score (nSPS) is 16.2. The molecule has 8 rings (SSSR count). The van der Waals surface area contributed by atoms with Gasteiger partial charge in [-0.3, -0.25) is 0 Å². The molecule has 0 saturated carbocycles. The van der Waals surface area contributed by atoms with Crippen LogP contribution >= 0.6 is 0 Å². The maximum absolute atomic E-state index is 4.63. The van der Waals surface area contributed by atoms with Crippen LogP contribution in [0.15, 0.2) is 195 Å². The van der Waals surface area contributed by atoms with Gasteiger partial charge >= 0.3 is 0 Å². The lowest BCUT2D eigenvalue weighted by Gasteiger charge is -2.33. The van der Waals surface area contributed by atoms with Gasteiger partial charge in [0.2, 0.25) is 0 Å². The highest BCUT2D eigenvalue weighted by atomic mass is 15.2. The summed E-state index contributed by atoms with van der Waals surface area (Å²) in [5, 5.41) is 0. The second kappa shape index (κ2) is 15.9.